The average Bonchev–Trinajstić information content (AvgIpc) is 2.48. The van der Waals surface area contributed by atoms with Gasteiger partial charge in [0.1, 0.15) is 0 Å². The molecular formula is C16H25N3O2. The minimum Gasteiger partial charge on any atom is -0.356 e. The molecule has 0 spiro atoms. The predicted octanol–water partition coefficient (Wildman–Crippen LogP) is 1.68. The molecule has 1 rings (SSSR count). The summed E-state index contributed by atoms with van der Waals surface area (Å²) in [6, 6.07) is 7.30. The molecule has 1 atom stereocenters. The second-order valence-corrected chi connectivity index (χ2v) is 5.40. The van der Waals surface area contributed by atoms with Crippen LogP contribution in [-0.4, -0.2) is 24.9 Å². The van der Waals surface area contributed by atoms with E-state index < -0.39 is 5.41 Å². The number of hydrogen-bond acceptors (Lipinski definition) is 3. The molecule has 0 aliphatic rings. The van der Waals surface area contributed by atoms with E-state index in [-0.39, 0.29) is 11.8 Å². The number of carbonyl (C=O) groups excluding carboxylic acids is 2. The summed E-state index contributed by atoms with van der Waals surface area (Å²) in [7, 11) is 0. The van der Waals surface area contributed by atoms with E-state index in [4.69, 9.17) is 5.73 Å². The van der Waals surface area contributed by atoms with Gasteiger partial charge >= 0.3 is 0 Å². The van der Waals surface area contributed by atoms with Crippen molar-refractivity contribution in [3.8, 4) is 0 Å². The van der Waals surface area contributed by atoms with Crippen molar-refractivity contribution in [2.45, 2.75) is 33.6 Å². The Bertz CT molecular complexity index is 479. The fourth-order valence-electron chi connectivity index (χ4n) is 1.83. The average molecular weight is 291 g/mol. The van der Waals surface area contributed by atoms with Gasteiger partial charge in [0.2, 0.25) is 11.8 Å². The minimum atomic E-state index is -0.556. The van der Waals surface area contributed by atoms with Crippen molar-refractivity contribution in [3.05, 3.63) is 29.8 Å². The van der Waals surface area contributed by atoms with Crippen LogP contribution in [0.4, 0.5) is 5.69 Å². The summed E-state index contributed by atoms with van der Waals surface area (Å²) in [6.07, 6.45) is 1.03. The Balaban J connectivity index is 2.66. The Hall–Kier alpha value is -1.88. The van der Waals surface area contributed by atoms with Crippen LogP contribution in [0.3, 0.4) is 0 Å². The van der Waals surface area contributed by atoms with Gasteiger partial charge in [0.15, 0.2) is 0 Å². The van der Waals surface area contributed by atoms with Crippen LogP contribution in [0.15, 0.2) is 24.3 Å². The third kappa shape index (κ3) is 4.86. The van der Waals surface area contributed by atoms with Crippen molar-refractivity contribution in [1.82, 2.24) is 5.32 Å². The van der Waals surface area contributed by atoms with E-state index in [1.165, 1.54) is 0 Å². The molecule has 2 amide bonds. The summed E-state index contributed by atoms with van der Waals surface area (Å²) in [5.74, 6) is -0.0834. The molecule has 1 unspecified atom stereocenters. The minimum absolute atomic E-state index is 0.00373. The van der Waals surface area contributed by atoms with E-state index in [0.717, 1.165) is 5.56 Å². The van der Waals surface area contributed by atoms with E-state index in [2.05, 4.69) is 10.6 Å². The first-order valence-electron chi connectivity index (χ1n) is 7.32. The first-order chi connectivity index (χ1) is 9.95. The molecule has 5 heteroatoms. The van der Waals surface area contributed by atoms with E-state index in [9.17, 15) is 9.59 Å². The van der Waals surface area contributed by atoms with Crippen LogP contribution in [0, 0.1) is 5.41 Å². The molecule has 0 fully saturated rings. The summed E-state index contributed by atoms with van der Waals surface area (Å²) in [5.41, 5.74) is 6.75. The smallest absolute Gasteiger partial charge is 0.231 e. The van der Waals surface area contributed by atoms with E-state index in [0.29, 0.717) is 31.6 Å². The fraction of sp³-hybridized carbons (Fsp3) is 0.500. The van der Waals surface area contributed by atoms with Gasteiger partial charge in [0.05, 0.1) is 11.8 Å². The number of amides is 2. The van der Waals surface area contributed by atoms with Crippen molar-refractivity contribution < 1.29 is 9.59 Å². The van der Waals surface area contributed by atoms with Gasteiger partial charge in [-0.25, -0.2) is 0 Å². The highest BCUT2D eigenvalue weighted by Crippen LogP contribution is 2.22. The maximum atomic E-state index is 12.2. The van der Waals surface area contributed by atoms with E-state index in [1.54, 1.807) is 12.1 Å². The number of anilines is 1. The fourth-order valence-corrected chi connectivity index (χ4v) is 1.83. The lowest BCUT2D eigenvalue weighted by atomic mass is 9.86. The normalized spacial score (nSPS) is 13.3. The van der Waals surface area contributed by atoms with Crippen molar-refractivity contribution in [1.29, 1.82) is 0 Å². The molecule has 4 N–H and O–H groups in total. The summed E-state index contributed by atoms with van der Waals surface area (Å²) < 4.78 is 0. The van der Waals surface area contributed by atoms with Crippen molar-refractivity contribution in [2.24, 2.45) is 11.1 Å². The molecule has 21 heavy (non-hydrogen) atoms. The number of nitrogens with one attached hydrogen (secondary N) is 2. The van der Waals surface area contributed by atoms with Crippen LogP contribution in [0.1, 0.15) is 32.8 Å². The third-order valence-electron chi connectivity index (χ3n) is 3.73. The van der Waals surface area contributed by atoms with Crippen molar-refractivity contribution >= 4 is 17.5 Å². The molecule has 1 aromatic rings. The highest BCUT2D eigenvalue weighted by atomic mass is 16.2. The first-order valence-corrected chi connectivity index (χ1v) is 7.32. The van der Waals surface area contributed by atoms with Crippen LogP contribution in [-0.2, 0) is 16.0 Å². The molecule has 1 aromatic carbocycles. The lowest BCUT2D eigenvalue weighted by molar-refractivity contribution is -0.124. The van der Waals surface area contributed by atoms with Gasteiger partial charge in [0.25, 0.3) is 0 Å². The second kappa shape index (κ2) is 7.78. The number of nitrogens with two attached hydrogens (primary N) is 1. The van der Waals surface area contributed by atoms with Gasteiger partial charge in [-0.1, -0.05) is 19.1 Å². The van der Waals surface area contributed by atoms with E-state index >= 15 is 0 Å². The number of hydrogen-bond donors (Lipinski definition) is 3. The summed E-state index contributed by atoms with van der Waals surface area (Å²) in [5, 5.41) is 5.62. The lowest BCUT2D eigenvalue weighted by Gasteiger charge is -2.24. The topological polar surface area (TPSA) is 84.2 Å². The lowest BCUT2D eigenvalue weighted by Crippen LogP contribution is -2.39. The number of benzene rings is 1. The molecule has 5 nitrogen and oxygen atoms in total. The summed E-state index contributed by atoms with van der Waals surface area (Å²) in [4.78, 5) is 23.7. The van der Waals surface area contributed by atoms with Gasteiger partial charge in [-0.05, 0) is 38.0 Å². The first kappa shape index (κ1) is 17.2. The largest absolute Gasteiger partial charge is 0.356 e. The Kier molecular flexibility index (Phi) is 6.37. The van der Waals surface area contributed by atoms with Crippen LogP contribution in [0.2, 0.25) is 0 Å². The Labute approximate surface area is 126 Å². The number of likely N-dealkylation sites (N-methyl/N-ethyl adjacent to an activating group) is 1. The molecule has 0 radical (unpaired) electrons. The van der Waals surface area contributed by atoms with Crippen LogP contribution in [0.25, 0.3) is 0 Å². The van der Waals surface area contributed by atoms with Gasteiger partial charge in [-0.2, -0.15) is 0 Å². The number of rotatable bonds is 7. The highest BCUT2D eigenvalue weighted by molar-refractivity contribution is 5.95. The van der Waals surface area contributed by atoms with Crippen LogP contribution < -0.4 is 16.4 Å². The van der Waals surface area contributed by atoms with Crippen LogP contribution in [0.5, 0.6) is 0 Å². The maximum Gasteiger partial charge on any atom is 0.231 e. The Morgan fingerprint density at radius 2 is 1.81 bits per heavy atom. The van der Waals surface area contributed by atoms with Crippen molar-refractivity contribution in [3.63, 3.8) is 0 Å². The zero-order chi connectivity index (χ0) is 15.9. The maximum absolute atomic E-state index is 12.2. The molecule has 0 heterocycles. The third-order valence-corrected chi connectivity index (χ3v) is 3.73. The molecule has 116 valence electrons. The zero-order valence-corrected chi connectivity index (χ0v) is 13.0. The molecule has 0 saturated heterocycles. The standard InChI is InChI=1S/C16H25N3O2/c1-4-16(3,11-17)15(21)19-13-8-6-12(7-9-13)10-14(20)18-5-2/h6-9H,4-5,10-11,17H2,1-3H3,(H,18,20)(H,19,21). The zero-order valence-electron chi connectivity index (χ0n) is 13.0. The molecule has 0 saturated carbocycles. The monoisotopic (exact) mass is 291 g/mol. The summed E-state index contributed by atoms with van der Waals surface area (Å²) >= 11 is 0. The highest BCUT2D eigenvalue weighted by Gasteiger charge is 2.29. The molecular weight excluding hydrogens is 266 g/mol. The van der Waals surface area contributed by atoms with Crippen LogP contribution >= 0.6 is 0 Å². The predicted molar refractivity (Wildman–Crippen MR) is 84.9 cm³/mol. The molecule has 0 aromatic heterocycles. The number of carbonyl (C=O) groups is 2. The van der Waals surface area contributed by atoms with Gasteiger partial charge in [0, 0.05) is 18.8 Å². The Morgan fingerprint density at radius 3 is 2.29 bits per heavy atom. The SMILES string of the molecule is CCNC(=O)Cc1ccc(NC(=O)C(C)(CC)CN)cc1. The summed E-state index contributed by atoms with van der Waals surface area (Å²) in [6.45, 7) is 6.62. The van der Waals surface area contributed by atoms with Gasteiger partial charge in [-0.15, -0.1) is 0 Å². The van der Waals surface area contributed by atoms with E-state index in [1.807, 2.05) is 32.9 Å². The molecule has 0 aliphatic heterocycles. The second-order valence-electron chi connectivity index (χ2n) is 5.40. The molecule has 0 aliphatic carbocycles. The van der Waals surface area contributed by atoms with Crippen molar-refractivity contribution in [2.75, 3.05) is 18.4 Å². The Morgan fingerprint density at radius 1 is 1.19 bits per heavy atom. The van der Waals surface area contributed by atoms with Gasteiger partial charge < -0.3 is 16.4 Å². The quantitative estimate of drug-likeness (QED) is 0.714. The molecule has 0 bridgehead atoms. The van der Waals surface area contributed by atoms with Gasteiger partial charge in [-0.3, -0.25) is 9.59 Å².